The second-order valence-corrected chi connectivity index (χ2v) is 6.51. The van der Waals surface area contributed by atoms with Crippen LogP contribution in [0.15, 0.2) is 64.6 Å². The van der Waals surface area contributed by atoms with E-state index in [4.69, 9.17) is 9.52 Å². The first-order valence-electron chi connectivity index (χ1n) is 8.81. The number of amides is 1. The highest BCUT2D eigenvalue weighted by molar-refractivity contribution is 6.09. The number of nitrogens with zero attached hydrogens (tertiary/aromatic N) is 1. The second-order valence-electron chi connectivity index (χ2n) is 6.51. The lowest BCUT2D eigenvalue weighted by Crippen LogP contribution is -2.13. The molecule has 6 heteroatoms. The Morgan fingerprint density at radius 1 is 1.03 bits per heavy atom. The summed E-state index contributed by atoms with van der Waals surface area (Å²) >= 11 is 0. The number of anilines is 1. The average molecular weight is 386 g/mol. The van der Waals surface area contributed by atoms with Gasteiger partial charge in [0.05, 0.1) is 5.56 Å². The number of hydrogen-bond acceptors (Lipinski definition) is 4. The summed E-state index contributed by atoms with van der Waals surface area (Å²) in [6.45, 7) is 3.92. The Bertz CT molecular complexity index is 1150. The van der Waals surface area contributed by atoms with Crippen LogP contribution in [0.2, 0.25) is 0 Å². The molecule has 0 fully saturated rings. The van der Waals surface area contributed by atoms with Gasteiger partial charge in [0.15, 0.2) is 0 Å². The van der Waals surface area contributed by atoms with Crippen LogP contribution >= 0.6 is 0 Å². The highest BCUT2D eigenvalue weighted by Crippen LogP contribution is 2.24. The third kappa shape index (κ3) is 4.60. The number of carbonyl (C=O) groups is 2. The minimum atomic E-state index is -1.01. The van der Waals surface area contributed by atoms with Gasteiger partial charge in [-0.25, -0.2) is 4.79 Å². The fourth-order valence-corrected chi connectivity index (χ4v) is 2.67. The molecule has 3 aromatic rings. The van der Waals surface area contributed by atoms with Crippen molar-refractivity contribution in [3.05, 3.63) is 82.6 Å². The van der Waals surface area contributed by atoms with E-state index in [-0.39, 0.29) is 11.1 Å². The summed E-state index contributed by atoms with van der Waals surface area (Å²) in [5.41, 5.74) is 3.53. The summed E-state index contributed by atoms with van der Waals surface area (Å²) in [4.78, 5) is 23.4. The summed E-state index contributed by atoms with van der Waals surface area (Å²) in [5.74, 6) is -0.693. The number of rotatable bonds is 5. The minimum Gasteiger partial charge on any atom is -0.478 e. The van der Waals surface area contributed by atoms with Crippen LogP contribution in [0.1, 0.15) is 27.2 Å². The summed E-state index contributed by atoms with van der Waals surface area (Å²) < 4.78 is 5.68. The number of aromatic carboxylic acids is 1. The Morgan fingerprint density at radius 3 is 2.38 bits per heavy atom. The van der Waals surface area contributed by atoms with Gasteiger partial charge in [0.2, 0.25) is 0 Å². The molecule has 6 nitrogen and oxygen atoms in total. The van der Waals surface area contributed by atoms with Crippen LogP contribution < -0.4 is 5.32 Å². The molecule has 2 aromatic carbocycles. The lowest BCUT2D eigenvalue weighted by atomic mass is 10.1. The lowest BCUT2D eigenvalue weighted by Gasteiger charge is -2.06. The van der Waals surface area contributed by atoms with Crippen molar-refractivity contribution in [1.29, 1.82) is 5.26 Å². The Kier molecular flexibility index (Phi) is 5.61. The third-order valence-electron chi connectivity index (χ3n) is 4.46. The molecule has 0 saturated carbocycles. The first-order chi connectivity index (χ1) is 13.9. The van der Waals surface area contributed by atoms with Gasteiger partial charge in [-0.05, 0) is 61.4 Å². The van der Waals surface area contributed by atoms with Gasteiger partial charge in [0, 0.05) is 17.3 Å². The number of carboxylic acids is 1. The second kappa shape index (κ2) is 8.28. The highest BCUT2D eigenvalue weighted by Gasteiger charge is 2.12. The van der Waals surface area contributed by atoms with Gasteiger partial charge in [-0.15, -0.1) is 0 Å². The SMILES string of the molecule is Cc1ccc(NC(=O)/C(C#N)=C/c2ccc(-c3ccc(C(=O)O)cc3)o2)cc1C. The summed E-state index contributed by atoms with van der Waals surface area (Å²) in [6.07, 6.45) is 1.37. The molecule has 0 aliphatic heterocycles. The number of carboxylic acid groups (broad SMARTS) is 1. The quantitative estimate of drug-likeness (QED) is 0.484. The molecule has 0 atom stereocenters. The standard InChI is InChI=1S/C23H18N2O4/c1-14-3-8-19(11-15(14)2)25-22(26)18(13-24)12-20-9-10-21(29-20)16-4-6-17(7-5-16)23(27)28/h3-12H,1-2H3,(H,25,26)(H,27,28)/b18-12+. The molecule has 0 unspecified atom stereocenters. The van der Waals surface area contributed by atoms with Gasteiger partial charge in [0.1, 0.15) is 23.2 Å². The van der Waals surface area contributed by atoms with Crippen LogP contribution in [0.25, 0.3) is 17.4 Å². The monoisotopic (exact) mass is 386 g/mol. The van der Waals surface area contributed by atoms with Gasteiger partial charge in [0.25, 0.3) is 5.91 Å². The normalized spacial score (nSPS) is 11.0. The molecule has 0 radical (unpaired) electrons. The molecule has 0 bridgehead atoms. The van der Waals surface area contributed by atoms with Crippen molar-refractivity contribution in [2.45, 2.75) is 13.8 Å². The van der Waals surface area contributed by atoms with E-state index in [0.717, 1.165) is 11.1 Å². The van der Waals surface area contributed by atoms with Crippen molar-refractivity contribution in [1.82, 2.24) is 0 Å². The Labute approximate surface area is 167 Å². The van der Waals surface area contributed by atoms with E-state index in [1.165, 1.54) is 18.2 Å². The van der Waals surface area contributed by atoms with Crippen molar-refractivity contribution in [3.63, 3.8) is 0 Å². The maximum atomic E-state index is 12.4. The first-order valence-corrected chi connectivity index (χ1v) is 8.81. The molecule has 0 aliphatic rings. The fourth-order valence-electron chi connectivity index (χ4n) is 2.67. The summed E-state index contributed by atoms with van der Waals surface area (Å²) in [6, 6.07) is 17.0. The molecule has 2 N–H and O–H groups in total. The van der Waals surface area contributed by atoms with Gasteiger partial charge in [-0.3, -0.25) is 4.79 Å². The molecule has 0 spiro atoms. The van der Waals surface area contributed by atoms with Crippen molar-refractivity contribution in [2.75, 3.05) is 5.32 Å². The average Bonchev–Trinajstić information content (AvgIpc) is 3.17. The van der Waals surface area contributed by atoms with Gasteiger partial charge in [-0.1, -0.05) is 18.2 Å². The first kappa shape index (κ1) is 19.6. The van der Waals surface area contributed by atoms with Gasteiger partial charge in [-0.2, -0.15) is 5.26 Å². The molecular weight excluding hydrogens is 368 g/mol. The predicted octanol–water partition coefficient (Wildman–Crippen LogP) is 4.81. The highest BCUT2D eigenvalue weighted by atomic mass is 16.4. The molecular formula is C23H18N2O4. The zero-order chi connectivity index (χ0) is 21.0. The van der Waals surface area contributed by atoms with E-state index < -0.39 is 11.9 Å². The van der Waals surface area contributed by atoms with E-state index in [2.05, 4.69) is 5.32 Å². The number of nitrogens with one attached hydrogen (secondary N) is 1. The molecule has 0 saturated heterocycles. The van der Waals surface area contributed by atoms with E-state index in [1.807, 2.05) is 32.0 Å². The Balaban J connectivity index is 1.78. The van der Waals surface area contributed by atoms with E-state index in [1.54, 1.807) is 30.3 Å². The van der Waals surface area contributed by atoms with E-state index >= 15 is 0 Å². The third-order valence-corrected chi connectivity index (χ3v) is 4.46. The summed E-state index contributed by atoms with van der Waals surface area (Å²) in [7, 11) is 0. The van der Waals surface area contributed by atoms with Crippen LogP contribution in [0.3, 0.4) is 0 Å². The molecule has 1 amide bonds. The van der Waals surface area contributed by atoms with Crippen molar-refractivity contribution < 1.29 is 19.1 Å². The maximum Gasteiger partial charge on any atom is 0.335 e. The number of carbonyl (C=O) groups excluding carboxylic acids is 1. The van der Waals surface area contributed by atoms with Crippen molar-refractivity contribution in [3.8, 4) is 17.4 Å². The van der Waals surface area contributed by atoms with Crippen LogP contribution in [-0.2, 0) is 4.79 Å². The molecule has 1 heterocycles. The molecule has 1 aromatic heterocycles. The smallest absolute Gasteiger partial charge is 0.335 e. The van der Waals surface area contributed by atoms with Gasteiger partial charge >= 0.3 is 5.97 Å². The number of benzene rings is 2. The Morgan fingerprint density at radius 2 is 1.76 bits per heavy atom. The molecule has 144 valence electrons. The number of nitriles is 1. The van der Waals surface area contributed by atoms with Crippen LogP contribution in [0.4, 0.5) is 5.69 Å². The molecule has 0 aliphatic carbocycles. The number of hydrogen-bond donors (Lipinski definition) is 2. The largest absolute Gasteiger partial charge is 0.478 e. The maximum absolute atomic E-state index is 12.4. The van der Waals surface area contributed by atoms with Crippen LogP contribution in [0.5, 0.6) is 0 Å². The van der Waals surface area contributed by atoms with E-state index in [9.17, 15) is 14.9 Å². The van der Waals surface area contributed by atoms with Crippen molar-refractivity contribution >= 4 is 23.6 Å². The van der Waals surface area contributed by atoms with Crippen molar-refractivity contribution in [2.24, 2.45) is 0 Å². The van der Waals surface area contributed by atoms with E-state index in [0.29, 0.717) is 22.8 Å². The summed E-state index contributed by atoms with van der Waals surface area (Å²) in [5, 5.41) is 21.0. The Hall–Kier alpha value is -4.11. The zero-order valence-corrected chi connectivity index (χ0v) is 15.9. The molecule has 29 heavy (non-hydrogen) atoms. The predicted molar refractivity (Wildman–Crippen MR) is 109 cm³/mol. The minimum absolute atomic E-state index is 0.0923. The number of furan rings is 1. The fraction of sp³-hybridized carbons (Fsp3) is 0.0870. The van der Waals surface area contributed by atoms with Gasteiger partial charge < -0.3 is 14.8 Å². The van der Waals surface area contributed by atoms with Crippen LogP contribution in [-0.4, -0.2) is 17.0 Å². The van der Waals surface area contributed by atoms with Crippen LogP contribution in [0, 0.1) is 25.2 Å². The number of aryl methyl sites for hydroxylation is 2. The zero-order valence-electron chi connectivity index (χ0n) is 15.9. The molecule has 3 rings (SSSR count). The lowest BCUT2D eigenvalue weighted by molar-refractivity contribution is -0.112. The topological polar surface area (TPSA) is 103 Å².